The van der Waals surface area contributed by atoms with Gasteiger partial charge in [0.25, 0.3) is 0 Å². The summed E-state index contributed by atoms with van der Waals surface area (Å²) in [6, 6.07) is 9.60. The van der Waals surface area contributed by atoms with Gasteiger partial charge >= 0.3 is 11.7 Å². The number of fused-ring (bicyclic) bond motifs is 1. The molecule has 2 heterocycles. The van der Waals surface area contributed by atoms with Crippen molar-refractivity contribution in [3.05, 3.63) is 52.2 Å². The fraction of sp³-hybridized carbons (Fsp3) is 0.524. The number of carbonyl (C=O) groups is 2. The van der Waals surface area contributed by atoms with Crippen molar-refractivity contribution in [3.8, 4) is 0 Å². The topological polar surface area (TPSA) is 95.2 Å². The van der Waals surface area contributed by atoms with E-state index in [1.165, 1.54) is 4.68 Å². The molecule has 0 spiro atoms. The van der Waals surface area contributed by atoms with Crippen LogP contribution >= 0.6 is 0 Å². The van der Waals surface area contributed by atoms with Crippen LogP contribution in [0.2, 0.25) is 0 Å². The van der Waals surface area contributed by atoms with E-state index in [0.717, 1.165) is 37.1 Å². The highest BCUT2D eigenvalue weighted by Gasteiger charge is 2.22. The summed E-state index contributed by atoms with van der Waals surface area (Å²) in [5.74, 6) is -0.434. The number of ether oxygens (including phenoxy) is 1. The largest absolute Gasteiger partial charge is 0.466 e. The fourth-order valence-corrected chi connectivity index (χ4v) is 3.55. The first-order valence-electron chi connectivity index (χ1n) is 10.2. The molecule has 0 aliphatic carbocycles. The van der Waals surface area contributed by atoms with Crippen molar-refractivity contribution in [1.29, 1.82) is 0 Å². The van der Waals surface area contributed by atoms with E-state index in [2.05, 4.69) is 10.4 Å². The van der Waals surface area contributed by atoms with Crippen LogP contribution in [-0.4, -0.2) is 39.4 Å². The standard InChI is InChI=1S/C21H28N4O4/c1-2-29-20(27)17(13-16-9-5-3-6-10-16)14-22-19(26)15-25-21(28)24-12-8-4-7-11-18(24)23-25/h3,5-6,9-10,17H,2,4,7-8,11-15H2,1H3,(H,22,26). The van der Waals surface area contributed by atoms with E-state index in [-0.39, 0.29) is 37.3 Å². The lowest BCUT2D eigenvalue weighted by Crippen LogP contribution is -2.38. The van der Waals surface area contributed by atoms with Gasteiger partial charge in [-0.15, -0.1) is 0 Å². The third-order valence-corrected chi connectivity index (χ3v) is 5.07. The average molecular weight is 400 g/mol. The number of carbonyl (C=O) groups excluding carboxylic acids is 2. The average Bonchev–Trinajstić information content (AvgIpc) is 2.87. The molecule has 3 rings (SSSR count). The Morgan fingerprint density at radius 2 is 2.00 bits per heavy atom. The highest BCUT2D eigenvalue weighted by molar-refractivity contribution is 5.77. The predicted octanol–water partition coefficient (Wildman–Crippen LogP) is 1.31. The monoisotopic (exact) mass is 400 g/mol. The highest BCUT2D eigenvalue weighted by atomic mass is 16.5. The van der Waals surface area contributed by atoms with Gasteiger partial charge in [0.05, 0.1) is 12.5 Å². The van der Waals surface area contributed by atoms with Gasteiger partial charge in [-0.3, -0.25) is 14.2 Å². The summed E-state index contributed by atoms with van der Waals surface area (Å²) in [6.45, 7) is 2.69. The summed E-state index contributed by atoms with van der Waals surface area (Å²) in [4.78, 5) is 37.2. The van der Waals surface area contributed by atoms with Gasteiger partial charge in [0.2, 0.25) is 5.91 Å². The Morgan fingerprint density at radius 1 is 1.21 bits per heavy atom. The van der Waals surface area contributed by atoms with Crippen molar-refractivity contribution in [2.75, 3.05) is 13.2 Å². The summed E-state index contributed by atoms with van der Waals surface area (Å²) in [6.07, 6.45) is 4.26. The highest BCUT2D eigenvalue weighted by Crippen LogP contribution is 2.11. The molecule has 1 aromatic carbocycles. The first-order chi connectivity index (χ1) is 14.1. The molecular weight excluding hydrogens is 372 g/mol. The maximum absolute atomic E-state index is 12.5. The van der Waals surface area contributed by atoms with Crippen LogP contribution in [0.1, 0.15) is 37.6 Å². The van der Waals surface area contributed by atoms with Gasteiger partial charge in [-0.25, -0.2) is 9.48 Å². The number of aromatic nitrogens is 3. The maximum atomic E-state index is 12.5. The molecular formula is C21H28N4O4. The van der Waals surface area contributed by atoms with Crippen LogP contribution in [0.3, 0.4) is 0 Å². The number of hydrogen-bond acceptors (Lipinski definition) is 5. The molecule has 0 saturated heterocycles. The van der Waals surface area contributed by atoms with Gasteiger partial charge in [-0.1, -0.05) is 36.8 Å². The first kappa shape index (κ1) is 20.8. The van der Waals surface area contributed by atoms with Gasteiger partial charge in [-0.2, -0.15) is 5.10 Å². The van der Waals surface area contributed by atoms with Gasteiger partial charge in [0, 0.05) is 19.5 Å². The van der Waals surface area contributed by atoms with Gasteiger partial charge in [-0.05, 0) is 31.7 Å². The van der Waals surface area contributed by atoms with Crippen LogP contribution in [-0.2, 0) is 40.3 Å². The molecule has 1 unspecified atom stereocenters. The minimum Gasteiger partial charge on any atom is -0.466 e. The van der Waals surface area contributed by atoms with Gasteiger partial charge in [0.15, 0.2) is 0 Å². The third kappa shape index (κ3) is 5.56. The minimum absolute atomic E-state index is 0.148. The second kappa shape index (κ2) is 10.0. The number of esters is 1. The molecule has 156 valence electrons. The second-order valence-corrected chi connectivity index (χ2v) is 7.26. The lowest BCUT2D eigenvalue weighted by atomic mass is 9.99. The number of nitrogens with zero attached hydrogens (tertiary/aromatic N) is 3. The Kier molecular flexibility index (Phi) is 7.21. The van der Waals surface area contributed by atoms with Crippen LogP contribution in [0, 0.1) is 5.92 Å². The van der Waals surface area contributed by atoms with Crippen LogP contribution < -0.4 is 11.0 Å². The molecule has 0 saturated carbocycles. The zero-order valence-corrected chi connectivity index (χ0v) is 16.8. The van der Waals surface area contributed by atoms with Crippen LogP contribution in [0.25, 0.3) is 0 Å². The van der Waals surface area contributed by atoms with E-state index < -0.39 is 5.92 Å². The Bertz CT molecular complexity index is 888. The number of hydrogen-bond donors (Lipinski definition) is 1. The molecule has 0 radical (unpaired) electrons. The number of nitrogens with one attached hydrogen (secondary N) is 1. The van der Waals surface area contributed by atoms with E-state index in [4.69, 9.17) is 4.74 Å². The van der Waals surface area contributed by atoms with E-state index in [1.54, 1.807) is 11.5 Å². The Morgan fingerprint density at radius 3 is 2.76 bits per heavy atom. The van der Waals surface area contributed by atoms with Crippen LogP contribution in [0.5, 0.6) is 0 Å². The normalized spacial score (nSPS) is 14.5. The van der Waals surface area contributed by atoms with Gasteiger partial charge in [0.1, 0.15) is 12.4 Å². The number of rotatable bonds is 8. The summed E-state index contributed by atoms with van der Waals surface area (Å²) >= 11 is 0. The molecule has 1 aliphatic heterocycles. The van der Waals surface area contributed by atoms with Crippen molar-refractivity contribution in [3.63, 3.8) is 0 Å². The van der Waals surface area contributed by atoms with E-state index >= 15 is 0 Å². The van der Waals surface area contributed by atoms with Crippen molar-refractivity contribution in [2.45, 2.75) is 52.1 Å². The molecule has 1 aliphatic rings. The fourth-order valence-electron chi connectivity index (χ4n) is 3.55. The molecule has 1 N–H and O–H groups in total. The predicted molar refractivity (Wildman–Crippen MR) is 107 cm³/mol. The van der Waals surface area contributed by atoms with Gasteiger partial charge < -0.3 is 10.1 Å². The summed E-state index contributed by atoms with van der Waals surface area (Å²) in [5.41, 5.74) is 0.747. The lowest BCUT2D eigenvalue weighted by molar-refractivity contribution is -0.147. The van der Waals surface area contributed by atoms with E-state index in [0.29, 0.717) is 13.0 Å². The number of benzene rings is 1. The number of amides is 1. The molecule has 0 fully saturated rings. The smallest absolute Gasteiger partial charge is 0.346 e. The van der Waals surface area contributed by atoms with E-state index in [9.17, 15) is 14.4 Å². The molecule has 1 amide bonds. The van der Waals surface area contributed by atoms with E-state index in [1.807, 2.05) is 30.3 Å². The molecule has 1 atom stereocenters. The first-order valence-corrected chi connectivity index (χ1v) is 10.2. The van der Waals surface area contributed by atoms with Crippen molar-refractivity contribution in [1.82, 2.24) is 19.7 Å². The molecule has 8 nitrogen and oxygen atoms in total. The third-order valence-electron chi connectivity index (χ3n) is 5.07. The Balaban J connectivity index is 1.61. The number of aryl methyl sites for hydroxylation is 1. The molecule has 0 bridgehead atoms. The summed E-state index contributed by atoms with van der Waals surface area (Å²) in [7, 11) is 0. The minimum atomic E-state index is -0.489. The maximum Gasteiger partial charge on any atom is 0.346 e. The Labute approximate surface area is 169 Å². The quantitative estimate of drug-likeness (QED) is 0.674. The lowest BCUT2D eigenvalue weighted by Gasteiger charge is -2.16. The molecule has 29 heavy (non-hydrogen) atoms. The molecule has 1 aromatic heterocycles. The van der Waals surface area contributed by atoms with Crippen molar-refractivity contribution >= 4 is 11.9 Å². The van der Waals surface area contributed by atoms with Crippen molar-refractivity contribution < 1.29 is 14.3 Å². The SMILES string of the molecule is CCOC(=O)C(CNC(=O)Cn1nc2n(c1=O)CCCCC2)Cc1ccccc1. The second-order valence-electron chi connectivity index (χ2n) is 7.26. The van der Waals surface area contributed by atoms with Crippen LogP contribution in [0.4, 0.5) is 0 Å². The molecule has 8 heteroatoms. The molecule has 2 aromatic rings. The zero-order valence-electron chi connectivity index (χ0n) is 16.8. The summed E-state index contributed by atoms with van der Waals surface area (Å²) in [5, 5.41) is 7.09. The summed E-state index contributed by atoms with van der Waals surface area (Å²) < 4.78 is 8.03. The Hall–Kier alpha value is -2.90. The zero-order chi connectivity index (χ0) is 20.6. The van der Waals surface area contributed by atoms with Crippen molar-refractivity contribution in [2.24, 2.45) is 5.92 Å². The van der Waals surface area contributed by atoms with Crippen LogP contribution in [0.15, 0.2) is 35.1 Å².